The van der Waals surface area contributed by atoms with Crippen molar-refractivity contribution >= 4 is 28.2 Å². The average Bonchev–Trinajstić information content (AvgIpc) is 3.42. The van der Waals surface area contributed by atoms with Crippen molar-refractivity contribution < 1.29 is 18.9 Å². The molecule has 9 rings (SSSR count). The first-order valence-electron chi connectivity index (χ1n) is 17.5. The maximum Gasteiger partial charge on any atom is 0.178 e. The minimum Gasteiger partial charge on any atom is -0.495 e. The molecule has 0 radical (unpaired) electrons. The zero-order chi connectivity index (χ0) is 33.2. The lowest BCUT2D eigenvalue weighted by Gasteiger charge is -2.39. The van der Waals surface area contributed by atoms with Crippen molar-refractivity contribution in [1.82, 2.24) is 0 Å². The highest BCUT2D eigenvalue weighted by Gasteiger charge is 2.44. The Morgan fingerprint density at radius 2 is 1.35 bits per heavy atom. The van der Waals surface area contributed by atoms with Crippen LogP contribution in [0.5, 0.6) is 11.5 Å². The van der Waals surface area contributed by atoms with Gasteiger partial charge in [-0.2, -0.15) is 0 Å². The maximum atomic E-state index is 7.62. The zero-order valence-corrected chi connectivity index (χ0v) is 28.5. The third-order valence-electron chi connectivity index (χ3n) is 11.1. The molecule has 5 aromatic rings. The number of fused-ring (bicyclic) bond motifs is 8. The number of morpholine rings is 2. The van der Waals surface area contributed by atoms with Crippen LogP contribution >= 0.6 is 0 Å². The van der Waals surface area contributed by atoms with Crippen LogP contribution in [0.2, 0.25) is 0 Å². The lowest BCUT2D eigenvalue weighted by molar-refractivity contribution is 0.122. The summed E-state index contributed by atoms with van der Waals surface area (Å²) in [5.74, 6) is 1.79. The number of methoxy groups -OCH3 is 1. The summed E-state index contributed by atoms with van der Waals surface area (Å²) >= 11 is 0. The predicted octanol–water partition coefficient (Wildman–Crippen LogP) is 8.18. The van der Waals surface area contributed by atoms with Gasteiger partial charge < -0.3 is 28.7 Å². The second kappa shape index (κ2) is 11.7. The maximum absolute atomic E-state index is 7.62. The summed E-state index contributed by atoms with van der Waals surface area (Å²) in [6.07, 6.45) is 4.62. The summed E-state index contributed by atoms with van der Waals surface area (Å²) in [7, 11) is 1.78. The lowest BCUT2D eigenvalue weighted by atomic mass is 9.76. The van der Waals surface area contributed by atoms with E-state index in [0.717, 1.165) is 84.0 Å². The van der Waals surface area contributed by atoms with Crippen molar-refractivity contribution in [3.05, 3.63) is 125 Å². The van der Waals surface area contributed by atoms with Crippen molar-refractivity contribution in [2.75, 3.05) is 69.5 Å². The number of rotatable bonds is 5. The Kier molecular flexibility index (Phi) is 7.22. The van der Waals surface area contributed by atoms with E-state index in [1.165, 1.54) is 27.9 Å². The van der Waals surface area contributed by atoms with Crippen molar-refractivity contribution in [3.8, 4) is 22.6 Å². The van der Waals surface area contributed by atoms with E-state index in [9.17, 15) is 0 Å². The van der Waals surface area contributed by atoms with Crippen LogP contribution in [0.4, 0.5) is 11.4 Å². The molecule has 5 aromatic carbocycles. The summed E-state index contributed by atoms with van der Waals surface area (Å²) in [6, 6.07) is 33.0. The predicted molar refractivity (Wildman–Crippen MR) is 197 cm³/mol. The number of hydrogen-bond donors (Lipinski definition) is 0. The quantitative estimate of drug-likeness (QED) is 0.191. The van der Waals surface area contributed by atoms with E-state index in [4.69, 9.17) is 18.9 Å². The number of benzene rings is 5. The van der Waals surface area contributed by atoms with Gasteiger partial charge in [0.05, 0.1) is 39.2 Å². The SMILES string of the molecule is COc1cc2c3c(c4c(c2cc1N1CCOCC1)OC(c1ccccc1)(c1ccc(N2CCOCC2)cc1)C=C4)C(C)(C)c1ccccc1-3. The second-order valence-corrected chi connectivity index (χ2v) is 14.0. The molecule has 4 aliphatic rings. The van der Waals surface area contributed by atoms with Crippen molar-refractivity contribution in [2.45, 2.75) is 24.9 Å². The van der Waals surface area contributed by atoms with Gasteiger partial charge in [-0.15, -0.1) is 0 Å². The van der Waals surface area contributed by atoms with E-state index >= 15 is 0 Å². The molecule has 0 saturated carbocycles. The third-order valence-corrected chi connectivity index (χ3v) is 11.1. The van der Waals surface area contributed by atoms with Crippen LogP contribution < -0.4 is 19.3 Å². The molecule has 248 valence electrons. The van der Waals surface area contributed by atoms with Gasteiger partial charge in [0.25, 0.3) is 0 Å². The van der Waals surface area contributed by atoms with Crippen LogP contribution in [-0.2, 0) is 20.5 Å². The van der Waals surface area contributed by atoms with Crippen molar-refractivity contribution in [1.29, 1.82) is 0 Å². The van der Waals surface area contributed by atoms with Crippen LogP contribution in [-0.4, -0.2) is 59.7 Å². The van der Waals surface area contributed by atoms with Crippen molar-refractivity contribution in [3.63, 3.8) is 0 Å². The summed E-state index contributed by atoms with van der Waals surface area (Å²) in [5.41, 5.74) is 9.77. The van der Waals surface area contributed by atoms with Gasteiger partial charge in [-0.25, -0.2) is 0 Å². The summed E-state index contributed by atoms with van der Waals surface area (Å²) < 4.78 is 25.1. The van der Waals surface area contributed by atoms with Gasteiger partial charge in [0.1, 0.15) is 11.5 Å². The van der Waals surface area contributed by atoms with Gasteiger partial charge in [0.15, 0.2) is 5.60 Å². The smallest absolute Gasteiger partial charge is 0.178 e. The third kappa shape index (κ3) is 4.68. The lowest BCUT2D eigenvalue weighted by Crippen LogP contribution is -2.37. The highest BCUT2D eigenvalue weighted by Crippen LogP contribution is 2.59. The average molecular weight is 651 g/mol. The van der Waals surface area contributed by atoms with Gasteiger partial charge in [0, 0.05) is 59.4 Å². The molecule has 0 amide bonds. The van der Waals surface area contributed by atoms with Crippen LogP contribution in [0.1, 0.15) is 41.7 Å². The van der Waals surface area contributed by atoms with Crippen LogP contribution in [0, 0.1) is 0 Å². The first kappa shape index (κ1) is 30.3. The van der Waals surface area contributed by atoms with E-state index in [1.54, 1.807) is 7.11 Å². The minimum absolute atomic E-state index is 0.222. The fourth-order valence-corrected chi connectivity index (χ4v) is 8.58. The second-order valence-electron chi connectivity index (χ2n) is 14.0. The van der Waals surface area contributed by atoms with E-state index in [0.29, 0.717) is 13.2 Å². The zero-order valence-electron chi connectivity index (χ0n) is 28.5. The molecular weight excluding hydrogens is 608 g/mol. The Hall–Kier alpha value is -4.78. The monoisotopic (exact) mass is 650 g/mol. The van der Waals surface area contributed by atoms with Gasteiger partial charge in [-0.3, -0.25) is 0 Å². The largest absolute Gasteiger partial charge is 0.495 e. The van der Waals surface area contributed by atoms with E-state index in [-0.39, 0.29) is 5.41 Å². The first-order valence-corrected chi connectivity index (χ1v) is 17.5. The molecule has 0 spiro atoms. The standard InChI is InChI=1S/C43H42N2O4/c1-42(2)36-12-8-7-11-32(36)39-34-28-38(46-3)37(45-21-25-48-26-22-45)27-35(34)41-33(40(39)42)17-18-43(49-41,29-9-5-4-6-10-29)30-13-15-31(16-14-30)44-19-23-47-24-20-44/h4-18,27-28H,19-26H2,1-3H3. The normalized spacial score (nSPS) is 20.8. The first-order chi connectivity index (χ1) is 24.0. The molecule has 1 unspecified atom stereocenters. The Bertz CT molecular complexity index is 2080. The molecule has 0 bridgehead atoms. The molecule has 1 atom stereocenters. The Labute approximate surface area is 288 Å². The topological polar surface area (TPSA) is 43.4 Å². The number of hydrogen-bond acceptors (Lipinski definition) is 6. The fourth-order valence-electron chi connectivity index (χ4n) is 8.58. The Morgan fingerprint density at radius 3 is 2.06 bits per heavy atom. The summed E-state index contributed by atoms with van der Waals surface area (Å²) in [6.45, 7) is 11.0. The molecular formula is C43H42N2O4. The van der Waals surface area contributed by atoms with Crippen LogP contribution in [0.15, 0.2) is 97.1 Å². The van der Waals surface area contributed by atoms with E-state index in [2.05, 4.69) is 127 Å². The number of anilines is 2. The molecule has 0 N–H and O–H groups in total. The summed E-state index contributed by atoms with van der Waals surface area (Å²) in [5, 5.41) is 2.25. The van der Waals surface area contributed by atoms with Gasteiger partial charge in [-0.05, 0) is 58.0 Å². The van der Waals surface area contributed by atoms with Gasteiger partial charge in [0.2, 0.25) is 0 Å². The summed E-state index contributed by atoms with van der Waals surface area (Å²) in [4.78, 5) is 4.78. The molecule has 3 heterocycles. The Morgan fingerprint density at radius 1 is 0.694 bits per heavy atom. The van der Waals surface area contributed by atoms with Crippen LogP contribution in [0.3, 0.4) is 0 Å². The highest BCUT2D eigenvalue weighted by molar-refractivity contribution is 6.10. The van der Waals surface area contributed by atoms with E-state index < -0.39 is 5.60 Å². The molecule has 6 heteroatoms. The highest BCUT2D eigenvalue weighted by atomic mass is 16.5. The minimum atomic E-state index is -0.826. The molecule has 0 aromatic heterocycles. The van der Waals surface area contributed by atoms with Crippen molar-refractivity contribution in [2.24, 2.45) is 0 Å². The molecule has 6 nitrogen and oxygen atoms in total. The van der Waals surface area contributed by atoms with Crippen LogP contribution in [0.25, 0.3) is 28.0 Å². The number of nitrogens with zero attached hydrogens (tertiary/aromatic N) is 2. The molecule has 2 saturated heterocycles. The molecule has 3 aliphatic heterocycles. The van der Waals surface area contributed by atoms with E-state index in [1.807, 2.05) is 0 Å². The van der Waals surface area contributed by atoms with Gasteiger partial charge in [-0.1, -0.05) is 86.7 Å². The number of ether oxygens (including phenoxy) is 4. The molecule has 2 fully saturated rings. The molecule has 49 heavy (non-hydrogen) atoms. The molecule has 1 aliphatic carbocycles. The Balaban J connectivity index is 1.30. The fraction of sp³-hybridized carbons (Fsp3) is 0.302. The van der Waals surface area contributed by atoms with Gasteiger partial charge >= 0.3 is 0 Å².